The van der Waals surface area contributed by atoms with Crippen LogP contribution in [0, 0.1) is 0 Å². The molecule has 2 amide bonds. The maximum absolute atomic E-state index is 13.7. The lowest BCUT2D eigenvalue weighted by molar-refractivity contribution is -0.141. The minimum atomic E-state index is -0.753. The average Bonchev–Trinajstić information content (AvgIpc) is 2.92. The third kappa shape index (κ3) is 6.87. The summed E-state index contributed by atoms with van der Waals surface area (Å²) in [7, 11) is 0. The number of benzene rings is 3. The predicted octanol–water partition coefficient (Wildman–Crippen LogP) is 5.10. The van der Waals surface area contributed by atoms with Crippen LogP contribution in [0.2, 0.25) is 0 Å². The van der Waals surface area contributed by atoms with Crippen LogP contribution in [-0.4, -0.2) is 21.7 Å². The van der Waals surface area contributed by atoms with E-state index in [1.165, 1.54) is 0 Å². The second-order valence-corrected chi connectivity index (χ2v) is 8.39. The van der Waals surface area contributed by atoms with E-state index in [1.807, 2.05) is 103 Å². The fourth-order valence-electron chi connectivity index (χ4n) is 4.04. The molecular weight excluding hydrogens is 434 g/mol. The molecule has 0 bridgehead atoms. The Hall–Kier alpha value is -4.25. The van der Waals surface area contributed by atoms with Crippen LogP contribution in [0.4, 0.5) is 0 Å². The molecular formula is C30H29N3O2. The van der Waals surface area contributed by atoms with Crippen molar-refractivity contribution in [1.82, 2.24) is 15.2 Å². The summed E-state index contributed by atoms with van der Waals surface area (Å²) in [5.41, 5.74) is 3.75. The Bertz CT molecular complexity index is 1200. The zero-order valence-electron chi connectivity index (χ0n) is 19.6. The smallest absolute Gasteiger partial charge is 0.247 e. The van der Waals surface area contributed by atoms with Crippen LogP contribution in [0.3, 0.4) is 0 Å². The van der Waals surface area contributed by atoms with E-state index >= 15 is 0 Å². The molecule has 176 valence electrons. The van der Waals surface area contributed by atoms with Gasteiger partial charge in [0.1, 0.15) is 6.04 Å². The summed E-state index contributed by atoms with van der Waals surface area (Å²) in [5, 5.41) is 3.02. The van der Waals surface area contributed by atoms with E-state index in [4.69, 9.17) is 0 Å². The van der Waals surface area contributed by atoms with Crippen molar-refractivity contribution in [2.24, 2.45) is 0 Å². The first kappa shape index (κ1) is 23.9. The van der Waals surface area contributed by atoms with Crippen molar-refractivity contribution in [2.45, 2.75) is 32.0 Å². The van der Waals surface area contributed by atoms with Gasteiger partial charge in [-0.1, -0.05) is 97.1 Å². The van der Waals surface area contributed by atoms with Gasteiger partial charge in [0.2, 0.25) is 11.8 Å². The molecule has 0 fully saturated rings. The van der Waals surface area contributed by atoms with Crippen LogP contribution < -0.4 is 5.32 Å². The SMILES string of the molecule is O=C(NCc1cccnc1)[C@@H](c1ccccc1)N(Cc1ccccc1)C(=O)CCc1ccccc1. The van der Waals surface area contributed by atoms with E-state index in [9.17, 15) is 9.59 Å². The number of carbonyl (C=O) groups is 2. The molecule has 4 rings (SSSR count). The summed E-state index contributed by atoms with van der Waals surface area (Å²) < 4.78 is 0. The molecule has 0 radical (unpaired) electrons. The van der Waals surface area contributed by atoms with Gasteiger partial charge in [-0.25, -0.2) is 0 Å². The molecule has 1 aromatic heterocycles. The number of carbonyl (C=O) groups excluding carboxylic acids is 2. The maximum atomic E-state index is 13.7. The maximum Gasteiger partial charge on any atom is 0.247 e. The molecule has 4 aromatic rings. The normalized spacial score (nSPS) is 11.4. The predicted molar refractivity (Wildman–Crippen MR) is 137 cm³/mol. The van der Waals surface area contributed by atoms with Crippen LogP contribution in [0.25, 0.3) is 0 Å². The van der Waals surface area contributed by atoms with Gasteiger partial charge >= 0.3 is 0 Å². The van der Waals surface area contributed by atoms with Gasteiger partial charge in [0, 0.05) is 31.9 Å². The largest absolute Gasteiger partial charge is 0.350 e. The molecule has 0 saturated carbocycles. The fraction of sp³-hybridized carbons (Fsp3) is 0.167. The van der Waals surface area contributed by atoms with Crippen LogP contribution >= 0.6 is 0 Å². The highest BCUT2D eigenvalue weighted by Gasteiger charge is 2.31. The van der Waals surface area contributed by atoms with E-state index in [2.05, 4.69) is 10.3 Å². The van der Waals surface area contributed by atoms with Gasteiger partial charge in [-0.2, -0.15) is 0 Å². The van der Waals surface area contributed by atoms with Crippen molar-refractivity contribution in [3.63, 3.8) is 0 Å². The number of amides is 2. The molecule has 0 aliphatic heterocycles. The van der Waals surface area contributed by atoms with Crippen LogP contribution in [0.1, 0.15) is 34.7 Å². The van der Waals surface area contributed by atoms with Crippen molar-refractivity contribution in [2.75, 3.05) is 0 Å². The van der Waals surface area contributed by atoms with E-state index in [0.717, 1.165) is 22.3 Å². The van der Waals surface area contributed by atoms with Gasteiger partial charge in [-0.15, -0.1) is 0 Å². The highest BCUT2D eigenvalue weighted by molar-refractivity contribution is 5.88. The minimum Gasteiger partial charge on any atom is -0.350 e. The third-order valence-corrected chi connectivity index (χ3v) is 5.85. The van der Waals surface area contributed by atoms with E-state index in [1.54, 1.807) is 17.3 Å². The zero-order valence-corrected chi connectivity index (χ0v) is 19.6. The van der Waals surface area contributed by atoms with Crippen molar-refractivity contribution < 1.29 is 9.59 Å². The summed E-state index contributed by atoms with van der Waals surface area (Å²) in [6.07, 6.45) is 4.36. The van der Waals surface area contributed by atoms with Crippen molar-refractivity contribution >= 4 is 11.8 Å². The number of rotatable bonds is 10. The van der Waals surface area contributed by atoms with Crippen LogP contribution in [0.5, 0.6) is 0 Å². The lowest BCUT2D eigenvalue weighted by Crippen LogP contribution is -2.43. The van der Waals surface area contributed by atoms with Gasteiger partial charge in [0.15, 0.2) is 0 Å². The highest BCUT2D eigenvalue weighted by atomic mass is 16.2. The summed E-state index contributed by atoms with van der Waals surface area (Å²) in [4.78, 5) is 33.1. The number of hydrogen-bond acceptors (Lipinski definition) is 3. The van der Waals surface area contributed by atoms with Crippen molar-refractivity contribution in [3.05, 3.63) is 138 Å². The van der Waals surface area contributed by atoms with E-state index in [0.29, 0.717) is 25.9 Å². The van der Waals surface area contributed by atoms with E-state index < -0.39 is 6.04 Å². The number of aromatic nitrogens is 1. The van der Waals surface area contributed by atoms with Gasteiger partial charge in [-0.3, -0.25) is 14.6 Å². The second kappa shape index (κ2) is 12.3. The Kier molecular flexibility index (Phi) is 8.38. The second-order valence-electron chi connectivity index (χ2n) is 8.39. The summed E-state index contributed by atoms with van der Waals surface area (Å²) in [6.45, 7) is 0.682. The molecule has 0 saturated heterocycles. The average molecular weight is 464 g/mol. The number of nitrogens with one attached hydrogen (secondary N) is 1. The molecule has 35 heavy (non-hydrogen) atoms. The topological polar surface area (TPSA) is 62.3 Å². The number of pyridine rings is 1. The molecule has 5 heteroatoms. The molecule has 1 atom stereocenters. The summed E-state index contributed by atoms with van der Waals surface area (Å²) in [5.74, 6) is -0.285. The molecule has 1 N–H and O–H groups in total. The molecule has 0 unspecified atom stereocenters. The summed E-state index contributed by atoms with van der Waals surface area (Å²) in [6, 6.07) is 32.2. The molecule has 1 heterocycles. The highest BCUT2D eigenvalue weighted by Crippen LogP contribution is 2.25. The Morgan fingerprint density at radius 3 is 1.97 bits per heavy atom. The van der Waals surface area contributed by atoms with Gasteiger partial charge in [0.25, 0.3) is 0 Å². The molecule has 0 aliphatic rings. The monoisotopic (exact) mass is 463 g/mol. The Morgan fingerprint density at radius 2 is 1.34 bits per heavy atom. The fourth-order valence-corrected chi connectivity index (χ4v) is 4.04. The quantitative estimate of drug-likeness (QED) is 0.356. The number of aryl methyl sites for hydroxylation is 1. The zero-order chi connectivity index (χ0) is 24.3. The Balaban J connectivity index is 1.61. The first-order valence-corrected chi connectivity index (χ1v) is 11.8. The Morgan fingerprint density at radius 1 is 0.743 bits per heavy atom. The van der Waals surface area contributed by atoms with Crippen molar-refractivity contribution in [3.8, 4) is 0 Å². The van der Waals surface area contributed by atoms with Crippen LogP contribution in [0.15, 0.2) is 116 Å². The Labute approximate surface area is 206 Å². The van der Waals surface area contributed by atoms with Gasteiger partial charge in [0.05, 0.1) is 0 Å². The first-order valence-electron chi connectivity index (χ1n) is 11.8. The summed E-state index contributed by atoms with van der Waals surface area (Å²) >= 11 is 0. The first-order chi connectivity index (χ1) is 17.2. The van der Waals surface area contributed by atoms with Gasteiger partial charge in [-0.05, 0) is 34.7 Å². The lowest BCUT2D eigenvalue weighted by atomic mass is 10.0. The van der Waals surface area contributed by atoms with E-state index in [-0.39, 0.29) is 11.8 Å². The molecule has 5 nitrogen and oxygen atoms in total. The standard InChI is InChI=1S/C30H29N3O2/c34-28(19-18-24-11-4-1-5-12-24)33(23-25-13-6-2-7-14-25)29(27-16-8-3-9-17-27)30(35)32-22-26-15-10-20-31-21-26/h1-17,20-21,29H,18-19,22-23H2,(H,32,35)/t29-/m1/s1. The lowest BCUT2D eigenvalue weighted by Gasteiger charge is -2.32. The molecule has 0 spiro atoms. The minimum absolute atomic E-state index is 0.0666. The third-order valence-electron chi connectivity index (χ3n) is 5.85. The van der Waals surface area contributed by atoms with Crippen molar-refractivity contribution in [1.29, 1.82) is 0 Å². The number of hydrogen-bond donors (Lipinski definition) is 1. The van der Waals surface area contributed by atoms with Crippen LogP contribution in [-0.2, 0) is 29.1 Å². The molecule has 0 aliphatic carbocycles. The number of nitrogens with zero attached hydrogens (tertiary/aromatic N) is 2. The molecule has 3 aromatic carbocycles. The van der Waals surface area contributed by atoms with Gasteiger partial charge < -0.3 is 10.2 Å².